The van der Waals surface area contributed by atoms with Crippen LogP contribution >= 0.6 is 75.1 Å². The van der Waals surface area contributed by atoms with Crippen molar-refractivity contribution in [1.82, 2.24) is 21.3 Å². The average molecular weight is 1540 g/mol. The third-order valence-corrected chi connectivity index (χ3v) is 13.8. The Morgan fingerprint density at radius 1 is 0.367 bits per heavy atom. The Morgan fingerprint density at radius 2 is 0.633 bits per heavy atom. The van der Waals surface area contributed by atoms with Crippen LogP contribution < -0.4 is 27.0 Å². The summed E-state index contributed by atoms with van der Waals surface area (Å²) in [6.07, 6.45) is 1.49. The van der Waals surface area contributed by atoms with Crippen LogP contribution in [-0.2, 0) is 33.6 Å². The Hall–Kier alpha value is -7.15. The Bertz CT molecular complexity index is 2650. The van der Waals surface area contributed by atoms with Crippen LogP contribution in [0.4, 0.5) is 0 Å². The van der Waals surface area contributed by atoms with Crippen molar-refractivity contribution in [2.24, 2.45) is 17.6 Å². The number of benzene rings is 3. The first-order chi connectivity index (χ1) is 42.0. The number of nitrogens with two attached hydrogens (primary N) is 1. The molecule has 12 N–H and O–H groups in total. The molecule has 7 unspecified atom stereocenters. The van der Waals surface area contributed by atoms with E-state index in [0.717, 1.165) is 42.8 Å². The van der Waals surface area contributed by atoms with Crippen LogP contribution in [0.25, 0.3) is 0 Å². The lowest BCUT2D eigenvalue weighted by Gasteiger charge is -2.17. The van der Waals surface area contributed by atoms with E-state index in [9.17, 15) is 76.7 Å². The van der Waals surface area contributed by atoms with E-state index in [1.165, 1.54) is 45.9 Å². The van der Waals surface area contributed by atoms with E-state index in [-0.39, 0.29) is 109 Å². The van der Waals surface area contributed by atoms with Crippen LogP contribution in [-0.4, -0.2) is 172 Å². The van der Waals surface area contributed by atoms with Gasteiger partial charge >= 0.3 is 35.8 Å². The van der Waals surface area contributed by atoms with Gasteiger partial charge in [-0.3, -0.25) is 52.7 Å². The quantitative estimate of drug-likeness (QED) is 0.0198. The van der Waals surface area contributed by atoms with E-state index in [2.05, 4.69) is 96.4 Å². The Labute approximate surface area is 557 Å². The summed E-state index contributed by atoms with van der Waals surface area (Å²) in [5, 5.41) is 62.8. The minimum absolute atomic E-state index is 0.0393. The molecule has 4 amide bonds. The molecular weight excluding hydrogens is 1470 g/mol. The van der Waals surface area contributed by atoms with Crippen LogP contribution in [0.1, 0.15) is 187 Å². The first-order valence-electron chi connectivity index (χ1n) is 26.9. The smallest absolute Gasteiger partial charge is 0.335 e. The molecule has 32 heteroatoms. The number of carbonyl (C=O) groups is 16. The molecule has 0 saturated carbocycles. The molecular formula is C58H73I2N5O22S3. The number of nitrogens with one attached hydrogen (secondary N) is 4. The molecule has 0 fully saturated rings. The molecule has 3 aromatic carbocycles. The van der Waals surface area contributed by atoms with Gasteiger partial charge in [0.25, 0.3) is 23.6 Å². The number of aromatic carboxylic acids is 3. The van der Waals surface area contributed by atoms with Crippen molar-refractivity contribution in [2.75, 3.05) is 17.3 Å². The fraction of sp³-hybridized carbons (Fsp3) is 0.414. The van der Waals surface area contributed by atoms with Crippen molar-refractivity contribution >= 4 is 169 Å². The number of amides is 4. The Morgan fingerprint density at radius 3 is 0.811 bits per heavy atom. The number of rotatable bonds is 31. The molecule has 0 heterocycles. The lowest BCUT2D eigenvalue weighted by Crippen LogP contribution is -2.43. The number of halogens is 2. The van der Waals surface area contributed by atoms with E-state index in [4.69, 9.17) is 36.4 Å². The molecule has 3 rings (SSSR count). The van der Waals surface area contributed by atoms with Crippen LogP contribution in [0.3, 0.4) is 0 Å². The summed E-state index contributed by atoms with van der Waals surface area (Å²) in [4.78, 5) is 187. The van der Waals surface area contributed by atoms with Crippen molar-refractivity contribution in [3.8, 4) is 0 Å². The summed E-state index contributed by atoms with van der Waals surface area (Å²) in [7, 11) is 0. The van der Waals surface area contributed by atoms with Gasteiger partial charge < -0.3 is 57.6 Å². The highest BCUT2D eigenvalue weighted by Crippen LogP contribution is 2.21. The fourth-order valence-electron chi connectivity index (χ4n) is 7.20. The van der Waals surface area contributed by atoms with Gasteiger partial charge in [-0.2, -0.15) is 37.9 Å². The fourth-order valence-corrected chi connectivity index (χ4v) is 7.98. The lowest BCUT2D eigenvalue weighted by molar-refractivity contribution is -0.141. The number of carboxylic acids is 6. The third kappa shape index (κ3) is 30.1. The van der Waals surface area contributed by atoms with Crippen molar-refractivity contribution in [3.63, 3.8) is 0 Å². The van der Waals surface area contributed by atoms with E-state index in [1.807, 2.05) is 6.92 Å². The van der Waals surface area contributed by atoms with Crippen LogP contribution in [0.5, 0.6) is 0 Å². The maximum atomic E-state index is 12.9. The average Bonchev–Trinajstić information content (AvgIpc) is 2.70. The summed E-state index contributed by atoms with van der Waals surface area (Å²) in [6, 6.07) is 5.59. The molecule has 90 heavy (non-hydrogen) atoms. The van der Waals surface area contributed by atoms with Gasteiger partial charge in [-0.05, 0) is 108 Å². The molecule has 3 aromatic rings. The lowest BCUT2D eigenvalue weighted by atomic mass is 9.91. The number of carbonyl (C=O) groups excluding carboxylic acids is 10. The largest absolute Gasteiger partial charge is 0.481 e. The monoisotopic (exact) mass is 1540 g/mol. The van der Waals surface area contributed by atoms with Gasteiger partial charge in [-0.15, -0.1) is 0 Å². The number of aliphatic carboxylic acids is 3. The van der Waals surface area contributed by atoms with E-state index in [1.54, 1.807) is 20.8 Å². The van der Waals surface area contributed by atoms with Crippen molar-refractivity contribution in [1.29, 1.82) is 0 Å². The van der Waals surface area contributed by atoms with Crippen molar-refractivity contribution < 1.29 is 107 Å². The van der Waals surface area contributed by atoms with E-state index < -0.39 is 108 Å². The predicted molar refractivity (Wildman–Crippen MR) is 354 cm³/mol. The molecule has 7 atom stereocenters. The first-order valence-corrected chi connectivity index (χ1v) is 35.0. The number of Topliss-reactive ketones (excluding diaryl/α,β-unsaturated/α-hetero) is 6. The second kappa shape index (κ2) is 43.5. The highest BCUT2D eigenvalue weighted by atomic mass is 128. The molecule has 27 nitrogen and oxygen atoms in total. The predicted octanol–water partition coefficient (Wildman–Crippen LogP) is 6.05. The number of thiol groups is 3. The summed E-state index contributed by atoms with van der Waals surface area (Å²) in [6.45, 7) is 12.9. The Kier molecular flexibility index (Phi) is 41.1. The second-order valence-electron chi connectivity index (χ2n) is 19.3. The maximum Gasteiger partial charge on any atom is 0.335 e. The number of carboxylic acid groups (broad SMARTS) is 6. The molecule has 0 aromatic heterocycles. The van der Waals surface area contributed by atoms with Crippen LogP contribution in [0, 0.1) is 11.8 Å². The van der Waals surface area contributed by atoms with E-state index >= 15 is 0 Å². The molecule has 0 bridgehead atoms. The van der Waals surface area contributed by atoms with Crippen molar-refractivity contribution in [2.45, 2.75) is 124 Å². The highest BCUT2D eigenvalue weighted by molar-refractivity contribution is 15.0. The minimum Gasteiger partial charge on any atom is -0.481 e. The molecule has 494 valence electrons. The molecule has 0 radical (unpaired) electrons. The van der Waals surface area contributed by atoms with Gasteiger partial charge in [0.05, 0.1) is 40.7 Å². The first kappa shape index (κ1) is 84.9. The zero-order valence-corrected chi connectivity index (χ0v) is 57.0. The summed E-state index contributed by atoms with van der Waals surface area (Å²) < 4.78 is 0. The molecule has 0 aliphatic rings. The number of hydrogen-bond acceptors (Lipinski definition) is 20. The second-order valence-corrected chi connectivity index (χ2v) is 20.4. The minimum atomic E-state index is -1.37. The van der Waals surface area contributed by atoms with E-state index in [0.29, 0.717) is 19.3 Å². The van der Waals surface area contributed by atoms with Gasteiger partial charge in [0.1, 0.15) is 23.7 Å². The third-order valence-electron chi connectivity index (χ3n) is 12.7. The van der Waals surface area contributed by atoms with Crippen LogP contribution in [0.15, 0.2) is 54.6 Å². The highest BCUT2D eigenvalue weighted by Gasteiger charge is 2.28. The summed E-state index contributed by atoms with van der Waals surface area (Å²) in [5.41, 5.74) is 3.61. The zero-order chi connectivity index (χ0) is 70.0. The molecule has 0 saturated heterocycles. The zero-order valence-electron chi connectivity index (χ0n) is 50.0. The molecule has 0 aliphatic heterocycles. The van der Waals surface area contributed by atoms with Crippen LogP contribution in [0.2, 0.25) is 0 Å². The number of hydrogen-bond donors (Lipinski definition) is 14. The van der Waals surface area contributed by atoms with Crippen molar-refractivity contribution in [3.05, 3.63) is 105 Å². The number of ketones is 6. The maximum absolute atomic E-state index is 12.9. The summed E-state index contributed by atoms with van der Waals surface area (Å²) in [5.74, 6) is -14.9. The van der Waals surface area contributed by atoms with Gasteiger partial charge in [-0.1, -0.05) is 27.7 Å². The summed E-state index contributed by atoms with van der Waals surface area (Å²) >= 11 is 15.8. The molecule has 0 spiro atoms. The topological polar surface area (TPSA) is 469 Å². The standard InChI is InChI=1S/C25H34N2O6.C19H22N2O9S3.C9H6O6.C5H11NO.I2/c1-7-17(14(4)28)13-23(31)18-10-19(24(32)26-21(8-2)15(5)29)12-20(11-18)25(33)27-22(9-3)16(6)30;22-14(4-11(5-31)17(25)26)8-1-9(15(23)20-12(6-32)18(27)28)3-10(2-8)16(24)21-13(7-33)19(29)30;10-7(11)4-1-5(8(12)13)3-6(2-4)9(14)15;1-3-5(6)4(2)7;1-2/h10-12,17,21-22H,7-9,13H2,1-6H3,(H,26,32)(H,27,33);1-3,11-13,31-33H,4-7H2,(H,20,23)(H,21,24)(H,25,26)(H,27,28)(H,29,30);1-3H,(H,10,11)(H,12,13)(H,14,15);5H,3,6H2,1-2H3;. The molecule has 0 aliphatic carbocycles. The SMILES string of the molecule is CCC(CC(=O)c1cc(C(=O)NC(CC)C(C)=O)cc(C(=O)NC(CC)C(C)=O)c1)C(C)=O.CCC(N)C(C)=O.II.O=C(CC(CS)C(=O)O)c1cc(C(=O)NC(CS)C(=O)O)cc(C(=O)NC(CS)C(=O)O)c1.O=C(O)c1cc(C(=O)O)cc(C(=O)O)c1. The van der Waals surface area contributed by atoms with Gasteiger partial charge in [0, 0.05) is 107 Å². The van der Waals surface area contributed by atoms with Gasteiger partial charge in [0.2, 0.25) is 0 Å². The van der Waals surface area contributed by atoms with Gasteiger partial charge in [0.15, 0.2) is 23.1 Å². The van der Waals surface area contributed by atoms with Gasteiger partial charge in [-0.25, -0.2) is 24.0 Å². The Balaban J connectivity index is 0. The normalized spacial score (nSPS) is 12.5.